The van der Waals surface area contributed by atoms with Crippen LogP contribution in [0, 0.1) is 11.8 Å². The Morgan fingerprint density at radius 1 is 0.885 bits per heavy atom. The van der Waals surface area contributed by atoms with Crippen LogP contribution < -0.4 is 4.90 Å². The third kappa shape index (κ3) is 2.69. The van der Waals surface area contributed by atoms with Crippen molar-refractivity contribution in [2.24, 2.45) is 11.8 Å². The van der Waals surface area contributed by atoms with Crippen molar-refractivity contribution in [2.45, 2.75) is 25.2 Å². The summed E-state index contributed by atoms with van der Waals surface area (Å²) >= 11 is 0. The monoisotopic (exact) mass is 349 g/mol. The molecule has 2 fully saturated rings. The van der Waals surface area contributed by atoms with E-state index in [1.165, 1.54) is 34.7 Å². The van der Waals surface area contributed by atoms with Gasteiger partial charge in [0.05, 0.1) is 23.1 Å². The van der Waals surface area contributed by atoms with Crippen LogP contribution in [0.4, 0.5) is 5.69 Å². The van der Waals surface area contributed by atoms with Gasteiger partial charge in [0.15, 0.2) is 0 Å². The predicted molar refractivity (Wildman–Crippen MR) is 95.9 cm³/mol. The Labute approximate surface area is 151 Å². The Kier molecular flexibility index (Phi) is 4.07. The minimum atomic E-state index is -1.03. The minimum Gasteiger partial charge on any atom is -0.478 e. The average Bonchev–Trinajstić information content (AvgIpc) is 2.93. The van der Waals surface area contributed by atoms with Crippen LogP contribution in [0.5, 0.6) is 0 Å². The molecule has 3 atom stereocenters. The zero-order chi connectivity index (χ0) is 18.3. The highest BCUT2D eigenvalue weighted by Gasteiger charge is 2.50. The summed E-state index contributed by atoms with van der Waals surface area (Å²) in [6.07, 6.45) is 2.29. The first-order chi connectivity index (χ1) is 12.6. The zero-order valence-corrected chi connectivity index (χ0v) is 14.2. The Hall–Kier alpha value is -2.95. The molecule has 1 saturated heterocycles. The molecule has 1 N–H and O–H groups in total. The van der Waals surface area contributed by atoms with Crippen LogP contribution in [-0.4, -0.2) is 22.9 Å². The van der Waals surface area contributed by atoms with Crippen LogP contribution in [0.1, 0.15) is 41.1 Å². The van der Waals surface area contributed by atoms with E-state index >= 15 is 0 Å². The van der Waals surface area contributed by atoms with Crippen molar-refractivity contribution in [1.82, 2.24) is 0 Å². The number of carbonyl (C=O) groups is 3. The van der Waals surface area contributed by atoms with Gasteiger partial charge in [0.1, 0.15) is 0 Å². The van der Waals surface area contributed by atoms with Crippen molar-refractivity contribution in [3.05, 3.63) is 65.7 Å². The second-order valence-corrected chi connectivity index (χ2v) is 7.00. The van der Waals surface area contributed by atoms with Gasteiger partial charge in [-0.3, -0.25) is 14.5 Å². The zero-order valence-electron chi connectivity index (χ0n) is 14.2. The molecule has 5 nitrogen and oxygen atoms in total. The van der Waals surface area contributed by atoms with Gasteiger partial charge in [-0.05, 0) is 55.0 Å². The van der Waals surface area contributed by atoms with Gasteiger partial charge in [-0.1, -0.05) is 30.3 Å². The molecule has 1 heterocycles. The normalized spacial score (nSPS) is 25.2. The molecule has 3 unspecified atom stereocenters. The van der Waals surface area contributed by atoms with Gasteiger partial charge in [-0.25, -0.2) is 4.79 Å². The molecule has 0 aromatic heterocycles. The topological polar surface area (TPSA) is 74.7 Å². The first-order valence-corrected chi connectivity index (χ1v) is 8.82. The standard InChI is InChI=1S/C21H19NO4/c23-19-17-11-8-15(13-4-2-1-3-5-13)12-18(17)20(24)22(19)16-9-6-14(7-10-16)21(25)26/h1-7,9-10,15,17-18H,8,11-12H2,(H,25,26). The van der Waals surface area contributed by atoms with Crippen molar-refractivity contribution in [2.75, 3.05) is 4.90 Å². The number of carboxylic acid groups (broad SMARTS) is 1. The molecule has 2 aliphatic rings. The van der Waals surface area contributed by atoms with Crippen molar-refractivity contribution in [3.8, 4) is 0 Å². The summed E-state index contributed by atoms with van der Waals surface area (Å²) in [5.41, 5.74) is 1.81. The summed E-state index contributed by atoms with van der Waals surface area (Å²) in [5.74, 6) is -1.61. The molecule has 2 amide bonds. The fourth-order valence-corrected chi connectivity index (χ4v) is 4.21. The molecular weight excluding hydrogens is 330 g/mol. The highest BCUT2D eigenvalue weighted by molar-refractivity contribution is 6.22. The van der Waals surface area contributed by atoms with Crippen LogP contribution in [0.25, 0.3) is 0 Å². The summed E-state index contributed by atoms with van der Waals surface area (Å²) in [6, 6.07) is 16.0. The number of anilines is 1. The third-order valence-electron chi connectivity index (χ3n) is 5.57. The first kappa shape index (κ1) is 16.5. The van der Waals surface area contributed by atoms with Crippen molar-refractivity contribution < 1.29 is 19.5 Å². The fraction of sp³-hybridized carbons (Fsp3) is 0.286. The van der Waals surface area contributed by atoms with E-state index in [-0.39, 0.29) is 29.2 Å². The number of aromatic carboxylic acids is 1. The van der Waals surface area contributed by atoms with Crippen LogP contribution in [0.3, 0.4) is 0 Å². The molecule has 0 bridgehead atoms. The lowest BCUT2D eigenvalue weighted by Gasteiger charge is -2.28. The molecule has 0 radical (unpaired) electrons. The van der Waals surface area contributed by atoms with E-state index in [1.54, 1.807) is 0 Å². The predicted octanol–water partition coefficient (Wildman–Crippen LogP) is 3.46. The van der Waals surface area contributed by atoms with Crippen LogP contribution >= 0.6 is 0 Å². The van der Waals surface area contributed by atoms with Gasteiger partial charge < -0.3 is 5.11 Å². The number of carboxylic acids is 1. The molecule has 2 aromatic carbocycles. The van der Waals surface area contributed by atoms with Gasteiger partial charge in [0.2, 0.25) is 11.8 Å². The summed E-state index contributed by atoms with van der Waals surface area (Å²) in [6.45, 7) is 0. The summed E-state index contributed by atoms with van der Waals surface area (Å²) < 4.78 is 0. The Morgan fingerprint density at radius 2 is 1.54 bits per heavy atom. The Balaban J connectivity index is 1.58. The van der Waals surface area contributed by atoms with E-state index in [1.807, 2.05) is 18.2 Å². The number of hydrogen-bond donors (Lipinski definition) is 1. The van der Waals surface area contributed by atoms with E-state index in [4.69, 9.17) is 5.11 Å². The van der Waals surface area contributed by atoms with Crippen molar-refractivity contribution >= 4 is 23.5 Å². The summed E-state index contributed by atoms with van der Waals surface area (Å²) in [5, 5.41) is 9.00. The highest BCUT2D eigenvalue weighted by atomic mass is 16.4. The lowest BCUT2D eigenvalue weighted by atomic mass is 9.73. The maximum Gasteiger partial charge on any atom is 0.335 e. The molecule has 4 rings (SSSR count). The smallest absolute Gasteiger partial charge is 0.335 e. The molecule has 26 heavy (non-hydrogen) atoms. The number of imide groups is 1. The molecule has 5 heteroatoms. The van der Waals surface area contributed by atoms with Gasteiger partial charge in [0.25, 0.3) is 0 Å². The third-order valence-corrected chi connectivity index (χ3v) is 5.57. The number of hydrogen-bond acceptors (Lipinski definition) is 3. The molecule has 0 spiro atoms. The van der Waals surface area contributed by atoms with E-state index in [0.717, 1.165) is 6.42 Å². The maximum absolute atomic E-state index is 12.9. The van der Waals surface area contributed by atoms with E-state index in [9.17, 15) is 14.4 Å². The molecule has 1 saturated carbocycles. The minimum absolute atomic E-state index is 0.134. The number of amides is 2. The van der Waals surface area contributed by atoms with Gasteiger partial charge in [-0.2, -0.15) is 0 Å². The van der Waals surface area contributed by atoms with Crippen LogP contribution in [0.15, 0.2) is 54.6 Å². The SMILES string of the molecule is O=C(O)c1ccc(N2C(=O)C3CCC(c4ccccc4)CC3C2=O)cc1. The average molecular weight is 349 g/mol. The number of carbonyl (C=O) groups excluding carboxylic acids is 2. The second-order valence-electron chi connectivity index (χ2n) is 7.00. The Bertz CT molecular complexity index is 859. The largest absolute Gasteiger partial charge is 0.478 e. The molecule has 1 aliphatic carbocycles. The van der Waals surface area contributed by atoms with Gasteiger partial charge in [-0.15, -0.1) is 0 Å². The fourth-order valence-electron chi connectivity index (χ4n) is 4.21. The first-order valence-electron chi connectivity index (χ1n) is 8.82. The maximum atomic E-state index is 12.9. The summed E-state index contributed by atoms with van der Waals surface area (Å²) in [7, 11) is 0. The van der Waals surface area contributed by atoms with E-state index in [0.29, 0.717) is 24.4 Å². The number of fused-ring (bicyclic) bond motifs is 1. The van der Waals surface area contributed by atoms with Crippen molar-refractivity contribution in [3.63, 3.8) is 0 Å². The van der Waals surface area contributed by atoms with Gasteiger partial charge in [0, 0.05) is 0 Å². The number of benzene rings is 2. The quantitative estimate of drug-likeness (QED) is 0.861. The molecule has 2 aromatic rings. The summed E-state index contributed by atoms with van der Waals surface area (Å²) in [4.78, 5) is 38.0. The van der Waals surface area contributed by atoms with Gasteiger partial charge >= 0.3 is 5.97 Å². The van der Waals surface area contributed by atoms with Crippen LogP contribution in [0.2, 0.25) is 0 Å². The lowest BCUT2D eigenvalue weighted by Crippen LogP contribution is -2.30. The molecule has 1 aliphatic heterocycles. The highest BCUT2D eigenvalue weighted by Crippen LogP contribution is 2.45. The van der Waals surface area contributed by atoms with Crippen LogP contribution in [-0.2, 0) is 9.59 Å². The molecular formula is C21H19NO4. The number of rotatable bonds is 3. The lowest BCUT2D eigenvalue weighted by molar-refractivity contribution is -0.122. The van der Waals surface area contributed by atoms with E-state index in [2.05, 4.69) is 12.1 Å². The van der Waals surface area contributed by atoms with E-state index < -0.39 is 5.97 Å². The Morgan fingerprint density at radius 3 is 2.19 bits per heavy atom. The second kappa shape index (κ2) is 6.41. The van der Waals surface area contributed by atoms with Crippen molar-refractivity contribution in [1.29, 1.82) is 0 Å². The number of nitrogens with zero attached hydrogens (tertiary/aromatic N) is 1. The molecule has 132 valence electrons.